The molecule has 3 heteroatoms. The van der Waals surface area contributed by atoms with Gasteiger partial charge >= 0.3 is 0 Å². The van der Waals surface area contributed by atoms with Gasteiger partial charge in [-0.3, -0.25) is 0 Å². The van der Waals surface area contributed by atoms with Crippen molar-refractivity contribution in [2.24, 2.45) is 0 Å². The quantitative estimate of drug-likeness (QED) is 0.102. The minimum absolute atomic E-state index is 0.678. The molecule has 0 aliphatic carbocycles. The van der Waals surface area contributed by atoms with Gasteiger partial charge in [-0.2, -0.15) is 0 Å². The molecule has 5 aromatic rings. The normalized spacial score (nSPS) is 11.4. The van der Waals surface area contributed by atoms with E-state index in [-0.39, 0.29) is 0 Å². The summed E-state index contributed by atoms with van der Waals surface area (Å²) in [4.78, 5) is 0. The summed E-state index contributed by atoms with van der Waals surface area (Å²) in [6.45, 7) is 10.9. The average Bonchev–Trinajstić information content (AvgIpc) is 3.01. The maximum Gasteiger partial charge on any atom is 0.135 e. The van der Waals surface area contributed by atoms with Crippen LogP contribution >= 0.6 is 0 Å². The predicted molar refractivity (Wildman–Crippen MR) is 175 cm³/mol. The van der Waals surface area contributed by atoms with E-state index in [1.165, 1.54) is 21.9 Å². The summed E-state index contributed by atoms with van der Waals surface area (Å²) in [5.41, 5.74) is 3.57. The topological polar surface area (TPSA) is 27.7 Å². The van der Waals surface area contributed by atoms with Crippen molar-refractivity contribution in [2.45, 2.75) is 72.6 Å². The predicted octanol–water partition coefficient (Wildman–Crippen LogP) is 10.9. The third-order valence-electron chi connectivity index (χ3n) is 7.92. The van der Waals surface area contributed by atoms with E-state index in [0.29, 0.717) is 19.8 Å². The van der Waals surface area contributed by atoms with E-state index < -0.39 is 0 Å². The summed E-state index contributed by atoms with van der Waals surface area (Å²) in [6.07, 6.45) is 7.32. The second-order valence-corrected chi connectivity index (χ2v) is 10.9. The van der Waals surface area contributed by atoms with Gasteiger partial charge in [0.2, 0.25) is 0 Å². The van der Waals surface area contributed by atoms with Crippen LogP contribution in [0.15, 0.2) is 72.8 Å². The smallest absolute Gasteiger partial charge is 0.135 e. The van der Waals surface area contributed by atoms with E-state index in [0.717, 1.165) is 89.3 Å². The Hall–Kier alpha value is -3.72. The highest BCUT2D eigenvalue weighted by Crippen LogP contribution is 2.49. The maximum atomic E-state index is 6.69. The van der Waals surface area contributed by atoms with Gasteiger partial charge in [0, 0.05) is 32.7 Å². The van der Waals surface area contributed by atoms with Crippen molar-refractivity contribution in [1.82, 2.24) is 0 Å². The number of hydrogen-bond acceptors (Lipinski definition) is 3. The maximum absolute atomic E-state index is 6.69. The van der Waals surface area contributed by atoms with Crippen molar-refractivity contribution in [3.05, 3.63) is 78.4 Å². The van der Waals surface area contributed by atoms with E-state index in [4.69, 9.17) is 14.2 Å². The molecule has 0 saturated carbocycles. The van der Waals surface area contributed by atoms with Crippen molar-refractivity contribution in [2.75, 3.05) is 19.8 Å². The first-order valence-electron chi connectivity index (χ1n) is 15.6. The Morgan fingerprint density at radius 3 is 1.66 bits per heavy atom. The highest BCUT2D eigenvalue weighted by atomic mass is 16.5. The molecule has 0 bridgehead atoms. The average molecular weight is 549 g/mol. The van der Waals surface area contributed by atoms with E-state index in [2.05, 4.69) is 100 Å². The highest BCUT2D eigenvalue weighted by molar-refractivity contribution is 6.19. The van der Waals surface area contributed by atoms with Gasteiger partial charge in [-0.1, -0.05) is 108 Å². The van der Waals surface area contributed by atoms with Crippen molar-refractivity contribution >= 4 is 32.3 Å². The van der Waals surface area contributed by atoms with Crippen molar-refractivity contribution in [1.29, 1.82) is 0 Å². The number of fused-ring (bicyclic) bond motifs is 3. The molecule has 0 amide bonds. The zero-order valence-electron chi connectivity index (χ0n) is 25.2. The van der Waals surface area contributed by atoms with Gasteiger partial charge in [-0.25, -0.2) is 0 Å². The molecule has 0 saturated heterocycles. The molecule has 0 radical (unpaired) electrons. The van der Waals surface area contributed by atoms with Crippen LogP contribution in [0.25, 0.3) is 43.4 Å². The molecule has 0 N–H and O–H groups in total. The van der Waals surface area contributed by atoms with Gasteiger partial charge in [0.05, 0.1) is 19.8 Å². The fraction of sp³-hybridized carbons (Fsp3) is 0.368. The minimum Gasteiger partial charge on any atom is -0.493 e. The first-order valence-corrected chi connectivity index (χ1v) is 15.6. The number of ether oxygens (including phenoxy) is 3. The Labute approximate surface area is 245 Å². The fourth-order valence-electron chi connectivity index (χ4n) is 5.59. The van der Waals surface area contributed by atoms with Crippen LogP contribution in [0, 0.1) is 0 Å². The molecule has 0 aliphatic rings. The molecule has 0 spiro atoms. The number of benzene rings is 5. The molecule has 5 rings (SSSR count). The molecule has 0 fully saturated rings. The first kappa shape index (κ1) is 28.8. The first-order chi connectivity index (χ1) is 20.2. The van der Waals surface area contributed by atoms with Gasteiger partial charge in [-0.15, -0.1) is 0 Å². The summed E-state index contributed by atoms with van der Waals surface area (Å²) in [6, 6.07) is 26.3. The SMILES string of the molecule is CCCCOc1cc(-c2c3ccccc3c(OCCCC)c3cc(CC)ccc23)c(OCCCC)c2ccccc12. The molecule has 41 heavy (non-hydrogen) atoms. The standard InChI is InChI=1S/C38H44O3/c1-5-9-22-39-35-26-34(38(41-24-11-7-3)31-18-14-12-16-28(31)35)36-29-17-13-15-19-32(29)37(40-23-10-6-2)33-25-27(8-4)20-21-30(33)36/h12-21,25-26H,5-11,22-24H2,1-4H3. The van der Waals surface area contributed by atoms with Gasteiger partial charge < -0.3 is 14.2 Å². The van der Waals surface area contributed by atoms with Crippen LogP contribution in [0.5, 0.6) is 17.2 Å². The Kier molecular flexibility index (Phi) is 9.67. The van der Waals surface area contributed by atoms with Crippen molar-refractivity contribution < 1.29 is 14.2 Å². The third-order valence-corrected chi connectivity index (χ3v) is 7.92. The van der Waals surface area contributed by atoms with Crippen LogP contribution in [-0.4, -0.2) is 19.8 Å². The highest BCUT2D eigenvalue weighted by Gasteiger charge is 2.22. The molecule has 0 aliphatic heterocycles. The van der Waals surface area contributed by atoms with E-state index >= 15 is 0 Å². The Bertz CT molecular complexity index is 1620. The van der Waals surface area contributed by atoms with Gasteiger partial charge in [0.25, 0.3) is 0 Å². The summed E-state index contributed by atoms with van der Waals surface area (Å²) in [7, 11) is 0. The van der Waals surface area contributed by atoms with Crippen LogP contribution in [-0.2, 0) is 6.42 Å². The molecule has 0 atom stereocenters. The minimum atomic E-state index is 0.678. The second kappa shape index (κ2) is 13.8. The number of rotatable bonds is 14. The third kappa shape index (κ3) is 6.00. The van der Waals surface area contributed by atoms with Crippen LogP contribution in [0.2, 0.25) is 0 Å². The number of aryl methyl sites for hydroxylation is 1. The monoisotopic (exact) mass is 548 g/mol. The summed E-state index contributed by atoms with van der Waals surface area (Å²) < 4.78 is 19.7. The molecule has 3 nitrogen and oxygen atoms in total. The molecule has 0 unspecified atom stereocenters. The van der Waals surface area contributed by atoms with Gasteiger partial charge in [0.1, 0.15) is 17.2 Å². The Morgan fingerprint density at radius 2 is 1.02 bits per heavy atom. The molecule has 5 aromatic carbocycles. The summed E-state index contributed by atoms with van der Waals surface area (Å²) in [5, 5.41) is 6.85. The second-order valence-electron chi connectivity index (χ2n) is 10.9. The van der Waals surface area contributed by atoms with Crippen LogP contribution in [0.4, 0.5) is 0 Å². The molecule has 0 aromatic heterocycles. The largest absolute Gasteiger partial charge is 0.493 e. The molecule has 0 heterocycles. The summed E-state index contributed by atoms with van der Waals surface area (Å²) >= 11 is 0. The lowest BCUT2D eigenvalue weighted by Gasteiger charge is -2.22. The van der Waals surface area contributed by atoms with Crippen LogP contribution in [0.3, 0.4) is 0 Å². The van der Waals surface area contributed by atoms with E-state index in [1.807, 2.05) is 0 Å². The lowest BCUT2D eigenvalue weighted by molar-refractivity contribution is 0.307. The molecule has 214 valence electrons. The number of hydrogen-bond donors (Lipinski definition) is 0. The van der Waals surface area contributed by atoms with Crippen molar-refractivity contribution in [3.8, 4) is 28.4 Å². The Morgan fingerprint density at radius 1 is 0.488 bits per heavy atom. The fourth-order valence-corrected chi connectivity index (χ4v) is 5.59. The van der Waals surface area contributed by atoms with Gasteiger partial charge in [-0.05, 0) is 54.2 Å². The number of unbranched alkanes of at least 4 members (excludes halogenated alkanes) is 3. The zero-order chi connectivity index (χ0) is 28.6. The van der Waals surface area contributed by atoms with E-state index in [1.54, 1.807) is 0 Å². The molecular formula is C38H44O3. The van der Waals surface area contributed by atoms with Crippen LogP contribution in [0.1, 0.15) is 71.8 Å². The summed E-state index contributed by atoms with van der Waals surface area (Å²) in [5.74, 6) is 2.83. The van der Waals surface area contributed by atoms with Crippen LogP contribution < -0.4 is 14.2 Å². The zero-order valence-corrected chi connectivity index (χ0v) is 25.2. The Balaban J connectivity index is 1.86. The van der Waals surface area contributed by atoms with Crippen molar-refractivity contribution in [3.63, 3.8) is 0 Å². The lowest BCUT2D eigenvalue weighted by Crippen LogP contribution is -2.03. The molecular weight excluding hydrogens is 504 g/mol. The van der Waals surface area contributed by atoms with Gasteiger partial charge in [0.15, 0.2) is 0 Å². The lowest BCUT2D eigenvalue weighted by atomic mass is 9.88. The van der Waals surface area contributed by atoms with E-state index in [9.17, 15) is 0 Å².